The molecule has 30 nitrogen and oxygen atoms in total. The summed E-state index contributed by atoms with van der Waals surface area (Å²) in [6, 6.07) is 95.0. The van der Waals surface area contributed by atoms with Crippen molar-refractivity contribution < 1.29 is 69.2 Å². The Morgan fingerprint density at radius 3 is 0.678 bits per heavy atom. The van der Waals surface area contributed by atoms with Crippen LogP contribution in [0, 0.1) is 0 Å². The highest BCUT2D eigenvalue weighted by Crippen LogP contribution is 2.96. The molecule has 38 heteroatoms. The third-order valence-corrected chi connectivity index (χ3v) is 40.4. The molecule has 1 heterocycles. The molecule has 0 amide bonds. The number of nitrogens with two attached hydrogens (primary N) is 1. The summed E-state index contributed by atoms with van der Waals surface area (Å²) < 4.78 is 208. The summed E-state index contributed by atoms with van der Waals surface area (Å²) in [5.41, 5.74) is 14.7. The van der Waals surface area contributed by atoms with Gasteiger partial charge in [0.2, 0.25) is 50.1 Å². The van der Waals surface area contributed by atoms with Crippen LogP contribution in [0.25, 0.3) is 63.6 Å². The SMILES string of the molecule is CN(C)c1cccc2c(S(=O)(=O)NCCc3ccc(OP4(Oc5ccc(CCNS(=O)(=O)c6cccc7c(N(C)C)cccc67)cc5)=N[P+](Oc5ccc(CCNS(=O)(=O)c6cccc7c(N(C)C)cccc67)cc5)(Oc5ccc(CCNS(=O)(=O)c6cccc7c(N(C)C)cccc67)cc5)[N-][P+](Oc5ccc(CCN)cc5)(Oc5ccc(CCNS(=O)(=O)c6cccc7c(N(C)C)cccc67)cc5)[N-]4)cc3)cccc12. The van der Waals surface area contributed by atoms with Gasteiger partial charge in [-0.05, 0) is 216 Å². The lowest BCUT2D eigenvalue weighted by atomic mass is 10.1. The van der Waals surface area contributed by atoms with Crippen LogP contribution in [0.3, 0.4) is 0 Å². The minimum atomic E-state index is -4.81. The Morgan fingerprint density at radius 1 is 0.260 bits per heavy atom. The van der Waals surface area contributed by atoms with Crippen molar-refractivity contribution in [3.63, 3.8) is 0 Å². The van der Waals surface area contributed by atoms with E-state index in [1.54, 1.807) is 224 Å². The largest absolute Gasteiger partial charge is 0.456 e. The molecule has 146 heavy (non-hydrogen) atoms. The van der Waals surface area contributed by atoms with Gasteiger partial charge in [0, 0.05) is 185 Å². The van der Waals surface area contributed by atoms with E-state index < -0.39 is 73.8 Å². The monoisotopic (exact) mass is 2120 g/mol. The molecule has 0 aromatic heterocycles. The van der Waals surface area contributed by atoms with Crippen LogP contribution in [0.15, 0.2) is 357 Å². The minimum absolute atomic E-state index is 0.0106. The third kappa shape index (κ3) is 24.2. The topological polar surface area (TPSA) is 369 Å². The molecule has 0 bridgehead atoms. The number of fused-ring (bicyclic) bond motifs is 5. The van der Waals surface area contributed by atoms with Crippen molar-refractivity contribution in [2.24, 2.45) is 10.2 Å². The fourth-order valence-corrected chi connectivity index (χ4v) is 32.9. The first-order valence-corrected chi connectivity index (χ1v) is 59.2. The summed E-state index contributed by atoms with van der Waals surface area (Å²) in [6.07, 6.45) is 1.52. The van der Waals surface area contributed by atoms with Crippen LogP contribution >= 0.6 is 23.7 Å². The Hall–Kier alpha value is -12.9. The molecule has 0 spiro atoms. The molecule has 16 aromatic carbocycles. The number of rotatable bonds is 44. The van der Waals surface area contributed by atoms with Crippen molar-refractivity contribution >= 4 is 156 Å². The highest BCUT2D eigenvalue weighted by atomic mass is 32.2. The van der Waals surface area contributed by atoms with E-state index in [0.29, 0.717) is 67.7 Å². The Labute approximate surface area is 855 Å². The zero-order chi connectivity index (χ0) is 103. The van der Waals surface area contributed by atoms with Crippen molar-refractivity contribution in [1.82, 2.24) is 23.6 Å². The Morgan fingerprint density at radius 2 is 0.459 bits per heavy atom. The number of anilines is 5. The van der Waals surface area contributed by atoms with Gasteiger partial charge in [-0.15, -0.1) is 0 Å². The molecule has 1 aliphatic heterocycles. The maximum atomic E-state index is 14.4. The number of benzene rings is 16. The summed E-state index contributed by atoms with van der Waals surface area (Å²) in [5.74, 6) is 0.725. The maximum Gasteiger partial charge on any atom is 0.456 e. The first-order valence-electron chi connectivity index (χ1n) is 47.2. The lowest BCUT2D eigenvalue weighted by Crippen LogP contribution is -2.26. The summed E-state index contributed by atoms with van der Waals surface area (Å²) >= 11 is 0. The molecule has 0 fully saturated rings. The van der Waals surface area contributed by atoms with E-state index in [2.05, 4.69) is 23.6 Å². The normalized spacial score (nSPS) is 14.3. The van der Waals surface area contributed by atoms with E-state index in [1.165, 1.54) is 0 Å². The summed E-state index contributed by atoms with van der Waals surface area (Å²) in [4.78, 5) is 21.4. The second-order valence-electron chi connectivity index (χ2n) is 36.0. The molecule has 16 aromatic rings. The van der Waals surface area contributed by atoms with Crippen molar-refractivity contribution in [3.8, 4) is 34.5 Å². The van der Waals surface area contributed by atoms with E-state index in [4.69, 9.17) is 47.1 Å². The summed E-state index contributed by atoms with van der Waals surface area (Å²) in [5, 5.41) is 6.61. The standard InChI is InChI=1S/C108H115N14O16P3S5/c1-118(2)99-31-11-26-94-89(99)21-16-36-104(94)142(123,124)110-72-66-78-43-55-84(56-44-78)134-139(133-83-53-41-77(42-54-83)65-71-109)115-140(135-85-57-45-79(46-58-85)67-73-111-143(125,126)105-37-17-22-90-95(105)27-12-32-100(90)119(3)4,136-86-59-47-80(48-60-86)68-74-112-144(127,128)106-38-18-23-91-96(106)28-13-33-101(91)120(5)6)117-141(116-139,137-87-61-49-81(50-62-87)69-75-113-145(129,130)107-39-19-24-92-97(107)29-14-34-102(92)121(7)8)138-88-63-51-82(52-64-88)70-76-114-146(131,132)108-40-20-25-93-98(108)30-15-35-103(93)122(9)10/h11-64,110-114H,65-76,109H2,1-10H3. The average Bonchev–Trinajstić information content (AvgIpc) is 0.724. The molecule has 0 aliphatic carbocycles. The number of nitrogens with one attached hydrogen (secondary N) is 5. The van der Waals surface area contributed by atoms with E-state index in [0.717, 1.165) is 60.9 Å². The molecule has 1 atom stereocenters. The molecule has 0 radical (unpaired) electrons. The molecule has 758 valence electrons. The fourth-order valence-electron chi connectivity index (χ4n) is 17.5. The number of hydrogen-bond acceptors (Lipinski definition) is 23. The van der Waals surface area contributed by atoms with Crippen LogP contribution in [0.4, 0.5) is 28.4 Å². The lowest BCUT2D eigenvalue weighted by Gasteiger charge is -2.49. The summed E-state index contributed by atoms with van der Waals surface area (Å²) in [6.45, 7) is 0.240. The van der Waals surface area contributed by atoms with Gasteiger partial charge in [0.1, 0.15) is 11.5 Å². The second-order valence-corrected chi connectivity index (χ2v) is 50.9. The van der Waals surface area contributed by atoms with E-state index in [-0.39, 0.29) is 124 Å². The second kappa shape index (κ2) is 44.4. The van der Waals surface area contributed by atoms with Gasteiger partial charge in [-0.2, -0.15) is 4.86 Å². The maximum absolute atomic E-state index is 14.4. The van der Waals surface area contributed by atoms with Gasteiger partial charge in [0.15, 0.2) is 23.0 Å². The van der Waals surface area contributed by atoms with E-state index >= 15 is 0 Å². The Kier molecular flexibility index (Phi) is 31.8. The van der Waals surface area contributed by atoms with Crippen LogP contribution in [-0.2, 0) is 88.6 Å². The van der Waals surface area contributed by atoms with Gasteiger partial charge in [-0.1, -0.05) is 194 Å². The van der Waals surface area contributed by atoms with Gasteiger partial charge in [-0.3, -0.25) is 9.05 Å². The van der Waals surface area contributed by atoms with Gasteiger partial charge in [-0.25, -0.2) is 65.7 Å². The quantitative estimate of drug-likeness (QED) is 0.0193. The molecule has 17 rings (SSSR count). The summed E-state index contributed by atoms with van der Waals surface area (Å²) in [7, 11) is -15.8. The number of hydrogen-bond donors (Lipinski definition) is 6. The van der Waals surface area contributed by atoms with Crippen LogP contribution in [-0.4, -0.2) is 152 Å². The minimum Gasteiger partial charge on any atom is -0.439 e. The fraction of sp³-hybridized carbons (Fsp3) is 0.204. The molecule has 7 N–H and O–H groups in total. The van der Waals surface area contributed by atoms with Crippen molar-refractivity contribution in [2.45, 2.75) is 63.0 Å². The molecule has 1 aliphatic rings. The molecular formula is C108H115N14O16P3S5. The highest BCUT2D eigenvalue weighted by molar-refractivity contribution is 8.00. The Bertz CT molecular complexity index is 7820. The van der Waals surface area contributed by atoms with E-state index in [9.17, 15) is 42.1 Å². The molecule has 1 unspecified atom stereocenters. The van der Waals surface area contributed by atoms with Crippen molar-refractivity contribution in [2.75, 3.05) is 134 Å². The Balaban J connectivity index is 0.773. The first kappa shape index (κ1) is 105. The van der Waals surface area contributed by atoms with Gasteiger partial charge >= 0.3 is 15.7 Å². The van der Waals surface area contributed by atoms with Gasteiger partial charge < -0.3 is 53.2 Å². The smallest absolute Gasteiger partial charge is 0.439 e. The first-order chi connectivity index (χ1) is 70.0. The van der Waals surface area contributed by atoms with E-state index in [1.807, 2.05) is 198 Å². The van der Waals surface area contributed by atoms with Gasteiger partial charge in [0.05, 0.1) is 24.5 Å². The van der Waals surface area contributed by atoms with Crippen LogP contribution in [0.1, 0.15) is 33.4 Å². The zero-order valence-electron chi connectivity index (χ0n) is 82.2. The predicted molar refractivity (Wildman–Crippen MR) is 591 cm³/mol. The number of nitrogens with zero attached hydrogens (tertiary/aromatic N) is 8. The average molecular weight is 2120 g/mol. The van der Waals surface area contributed by atoms with Crippen LogP contribution < -0.4 is 81.0 Å². The predicted octanol–water partition coefficient (Wildman–Crippen LogP) is 20.7. The molecule has 0 saturated heterocycles. The zero-order valence-corrected chi connectivity index (χ0v) is 89.0. The van der Waals surface area contributed by atoms with Crippen LogP contribution in [0.2, 0.25) is 0 Å². The molecular weight excluding hydrogens is 2000 g/mol. The number of sulfonamides is 5. The van der Waals surface area contributed by atoms with Crippen LogP contribution in [0.5, 0.6) is 34.5 Å². The molecule has 0 saturated carbocycles. The van der Waals surface area contributed by atoms with Crippen molar-refractivity contribution in [3.05, 3.63) is 371 Å². The lowest BCUT2D eigenvalue weighted by molar-refractivity contribution is 0.445. The highest BCUT2D eigenvalue weighted by Gasteiger charge is 2.58. The third-order valence-electron chi connectivity index (χ3n) is 24.7. The van der Waals surface area contributed by atoms with Crippen molar-refractivity contribution in [1.29, 1.82) is 0 Å². The van der Waals surface area contributed by atoms with Gasteiger partial charge in [0.25, 0.3) is 8.02 Å².